The van der Waals surface area contributed by atoms with Gasteiger partial charge in [0.1, 0.15) is 35.8 Å². The summed E-state index contributed by atoms with van der Waals surface area (Å²) in [6.07, 6.45) is 2.00. The summed E-state index contributed by atoms with van der Waals surface area (Å²) >= 11 is 0. The Morgan fingerprint density at radius 2 is 2.04 bits per heavy atom. The summed E-state index contributed by atoms with van der Waals surface area (Å²) in [5.41, 5.74) is 0.718. The van der Waals surface area contributed by atoms with E-state index in [-0.39, 0.29) is 18.8 Å². The number of aliphatic imine (C=N–C) groups is 1. The van der Waals surface area contributed by atoms with Crippen LogP contribution in [0.15, 0.2) is 23.5 Å². The Morgan fingerprint density at radius 1 is 1.26 bits per heavy atom. The minimum Gasteiger partial charge on any atom is -0.393 e. The molecular weight excluding hydrogens is 350 g/mol. The van der Waals surface area contributed by atoms with Crippen molar-refractivity contribution in [2.75, 3.05) is 20.7 Å². The Hall–Kier alpha value is -2.07. The Bertz CT molecular complexity index is 880. The molecule has 146 valence electrons. The van der Waals surface area contributed by atoms with Crippen LogP contribution < -0.4 is 0 Å². The fourth-order valence-corrected chi connectivity index (χ4v) is 3.69. The van der Waals surface area contributed by atoms with E-state index in [9.17, 15) is 5.11 Å². The number of aliphatic hydroxyl groups is 1. The molecule has 2 aliphatic rings. The predicted molar refractivity (Wildman–Crippen MR) is 98.0 cm³/mol. The highest BCUT2D eigenvalue weighted by Crippen LogP contribution is 2.49. The maximum Gasteiger partial charge on any atom is 0.181 e. The van der Waals surface area contributed by atoms with E-state index in [0.29, 0.717) is 5.82 Å². The van der Waals surface area contributed by atoms with Crippen molar-refractivity contribution in [2.24, 2.45) is 4.99 Å². The van der Waals surface area contributed by atoms with Crippen LogP contribution in [-0.2, 0) is 14.2 Å². The summed E-state index contributed by atoms with van der Waals surface area (Å²) in [5, 5.41) is 14.3. The van der Waals surface area contributed by atoms with Crippen LogP contribution in [0.2, 0.25) is 0 Å². The molecule has 4 heterocycles. The quantitative estimate of drug-likeness (QED) is 0.636. The fraction of sp³-hybridized carbons (Fsp3) is 0.611. The Kier molecular flexibility index (Phi) is 4.22. The fourth-order valence-electron chi connectivity index (χ4n) is 3.69. The number of aliphatic hydroxyl groups excluding tert-OH is 1. The molecule has 1 N–H and O–H groups in total. The summed E-state index contributed by atoms with van der Waals surface area (Å²) in [5.74, 6) is -0.176. The SMILES string of the molecule is CN(C)/C=N\c1ncnn2c([C@@H]3O[C@](C)(CO)[C@H]4OC(C)(C)O[C@@H]34)ccc12. The number of hydrogen-bond donors (Lipinski definition) is 1. The third-order valence-corrected chi connectivity index (χ3v) is 4.90. The van der Waals surface area contributed by atoms with Gasteiger partial charge < -0.3 is 24.2 Å². The lowest BCUT2D eigenvalue weighted by Crippen LogP contribution is -2.43. The van der Waals surface area contributed by atoms with E-state index in [1.165, 1.54) is 6.33 Å². The van der Waals surface area contributed by atoms with E-state index in [0.717, 1.165) is 11.2 Å². The lowest BCUT2D eigenvalue weighted by molar-refractivity contribution is -0.213. The average molecular weight is 375 g/mol. The van der Waals surface area contributed by atoms with Gasteiger partial charge in [-0.1, -0.05) is 0 Å². The molecule has 0 radical (unpaired) electrons. The van der Waals surface area contributed by atoms with Gasteiger partial charge in [-0.3, -0.25) is 0 Å². The van der Waals surface area contributed by atoms with E-state index in [1.807, 2.05) is 51.9 Å². The first kappa shape index (κ1) is 18.3. The molecule has 0 aromatic carbocycles. The molecule has 0 unspecified atom stereocenters. The van der Waals surface area contributed by atoms with Crippen LogP contribution in [-0.4, -0.2) is 75.2 Å². The van der Waals surface area contributed by atoms with E-state index >= 15 is 0 Å². The third kappa shape index (κ3) is 3.00. The number of ether oxygens (including phenoxy) is 3. The Labute approximate surface area is 157 Å². The summed E-state index contributed by atoms with van der Waals surface area (Å²) in [6.45, 7) is 5.41. The number of rotatable bonds is 4. The van der Waals surface area contributed by atoms with Crippen molar-refractivity contribution in [1.82, 2.24) is 19.5 Å². The monoisotopic (exact) mass is 375 g/mol. The third-order valence-electron chi connectivity index (χ3n) is 4.90. The van der Waals surface area contributed by atoms with Gasteiger partial charge in [-0.25, -0.2) is 14.5 Å². The van der Waals surface area contributed by atoms with Gasteiger partial charge >= 0.3 is 0 Å². The first-order chi connectivity index (χ1) is 12.7. The Balaban J connectivity index is 1.75. The van der Waals surface area contributed by atoms with Crippen LogP contribution >= 0.6 is 0 Å². The normalized spacial score (nSPS) is 32.4. The molecule has 2 aliphatic heterocycles. The van der Waals surface area contributed by atoms with Gasteiger partial charge in [-0.15, -0.1) is 0 Å². The number of hydrogen-bond acceptors (Lipinski definition) is 7. The molecule has 2 fully saturated rings. The van der Waals surface area contributed by atoms with Crippen LogP contribution in [0.3, 0.4) is 0 Å². The molecular formula is C18H25N5O4. The number of nitrogens with zero attached hydrogens (tertiary/aromatic N) is 5. The predicted octanol–water partition coefficient (Wildman–Crippen LogP) is 1.29. The topological polar surface area (TPSA) is 93.7 Å². The molecule has 0 saturated carbocycles. The van der Waals surface area contributed by atoms with E-state index < -0.39 is 17.5 Å². The molecule has 2 saturated heterocycles. The molecule has 0 bridgehead atoms. The first-order valence-corrected chi connectivity index (χ1v) is 8.92. The van der Waals surface area contributed by atoms with E-state index in [1.54, 1.807) is 10.9 Å². The second-order valence-corrected chi connectivity index (χ2v) is 7.88. The standard InChI is InChI=1S/C18H25N5O4/c1-17(2)25-14-13(26-18(3,8-24)15(14)27-17)11-6-7-12-16(20-10-22(4)5)19-9-21-23(11)12/h6-7,9-10,13-15,24H,8H2,1-5H3/b20-10-/t13-,14-,15-,18+/m0/s1. The molecule has 0 amide bonds. The largest absolute Gasteiger partial charge is 0.393 e. The lowest BCUT2D eigenvalue weighted by atomic mass is 9.97. The van der Waals surface area contributed by atoms with Gasteiger partial charge in [0, 0.05) is 14.1 Å². The molecule has 2 aromatic rings. The molecule has 2 aromatic heterocycles. The van der Waals surface area contributed by atoms with Crippen molar-refractivity contribution >= 4 is 17.7 Å². The maximum absolute atomic E-state index is 9.92. The molecule has 4 atom stereocenters. The van der Waals surface area contributed by atoms with Gasteiger partial charge in [-0.05, 0) is 32.9 Å². The van der Waals surface area contributed by atoms with Crippen molar-refractivity contribution < 1.29 is 19.3 Å². The second-order valence-electron chi connectivity index (χ2n) is 7.88. The number of fused-ring (bicyclic) bond motifs is 2. The van der Waals surface area contributed by atoms with Crippen LogP contribution in [0.1, 0.15) is 32.6 Å². The maximum atomic E-state index is 9.92. The van der Waals surface area contributed by atoms with E-state index in [4.69, 9.17) is 14.2 Å². The average Bonchev–Trinajstić information content (AvgIpc) is 3.25. The molecule has 0 spiro atoms. The van der Waals surface area contributed by atoms with Crippen molar-refractivity contribution in [3.05, 3.63) is 24.2 Å². The summed E-state index contributed by atoms with van der Waals surface area (Å²) in [4.78, 5) is 10.5. The smallest absolute Gasteiger partial charge is 0.181 e. The van der Waals surface area contributed by atoms with Crippen LogP contribution in [0.4, 0.5) is 5.82 Å². The van der Waals surface area contributed by atoms with Crippen molar-refractivity contribution in [3.63, 3.8) is 0 Å². The van der Waals surface area contributed by atoms with Gasteiger partial charge in [0.25, 0.3) is 0 Å². The van der Waals surface area contributed by atoms with E-state index in [2.05, 4.69) is 15.1 Å². The highest BCUT2D eigenvalue weighted by Gasteiger charge is 2.61. The van der Waals surface area contributed by atoms with Gasteiger partial charge in [0.05, 0.1) is 18.6 Å². The zero-order valence-electron chi connectivity index (χ0n) is 16.2. The van der Waals surface area contributed by atoms with Gasteiger partial charge in [0.2, 0.25) is 0 Å². The number of aromatic nitrogens is 3. The minimum absolute atomic E-state index is 0.166. The molecule has 27 heavy (non-hydrogen) atoms. The van der Waals surface area contributed by atoms with Crippen molar-refractivity contribution in [1.29, 1.82) is 0 Å². The van der Waals surface area contributed by atoms with Crippen molar-refractivity contribution in [3.8, 4) is 0 Å². The van der Waals surface area contributed by atoms with Crippen LogP contribution in [0.5, 0.6) is 0 Å². The molecule has 9 nitrogen and oxygen atoms in total. The first-order valence-electron chi connectivity index (χ1n) is 8.92. The molecule has 9 heteroatoms. The zero-order valence-corrected chi connectivity index (χ0v) is 16.2. The minimum atomic E-state index is -0.855. The van der Waals surface area contributed by atoms with Gasteiger partial charge in [0.15, 0.2) is 11.6 Å². The summed E-state index contributed by atoms with van der Waals surface area (Å²) in [6, 6.07) is 3.84. The van der Waals surface area contributed by atoms with Crippen molar-refractivity contribution in [2.45, 2.75) is 50.5 Å². The lowest BCUT2D eigenvalue weighted by Gasteiger charge is -2.29. The highest BCUT2D eigenvalue weighted by atomic mass is 16.8. The zero-order chi connectivity index (χ0) is 19.4. The highest BCUT2D eigenvalue weighted by molar-refractivity contribution is 5.70. The van der Waals surface area contributed by atoms with Gasteiger partial charge in [-0.2, -0.15) is 5.10 Å². The molecule has 0 aliphatic carbocycles. The van der Waals surface area contributed by atoms with Crippen LogP contribution in [0, 0.1) is 0 Å². The summed E-state index contributed by atoms with van der Waals surface area (Å²) in [7, 11) is 3.79. The Morgan fingerprint density at radius 3 is 2.74 bits per heavy atom. The molecule has 4 rings (SSSR count). The summed E-state index contributed by atoms with van der Waals surface area (Å²) < 4.78 is 20.1. The van der Waals surface area contributed by atoms with Crippen LogP contribution in [0.25, 0.3) is 5.52 Å². The second kappa shape index (κ2) is 6.23.